The zero-order valence-corrected chi connectivity index (χ0v) is 11.8. The Kier molecular flexibility index (Phi) is 3.23. The van der Waals surface area contributed by atoms with E-state index < -0.39 is 5.82 Å². The minimum Gasteiger partial charge on any atom is -0.438 e. The summed E-state index contributed by atoms with van der Waals surface area (Å²) in [5.41, 5.74) is 6.32. The van der Waals surface area contributed by atoms with Crippen molar-refractivity contribution in [2.75, 3.05) is 5.73 Å². The van der Waals surface area contributed by atoms with E-state index in [2.05, 4.69) is 25.9 Å². The number of rotatable bonds is 2. The van der Waals surface area contributed by atoms with Crippen molar-refractivity contribution < 1.29 is 9.13 Å². The van der Waals surface area contributed by atoms with Gasteiger partial charge in [0, 0.05) is 10.5 Å². The van der Waals surface area contributed by atoms with E-state index in [4.69, 9.17) is 10.5 Å². The number of halogens is 2. The van der Waals surface area contributed by atoms with Gasteiger partial charge in [-0.15, -0.1) is 0 Å². The second-order valence-electron chi connectivity index (χ2n) is 4.11. The quantitative estimate of drug-likeness (QED) is 0.772. The van der Waals surface area contributed by atoms with Crippen LogP contribution in [-0.4, -0.2) is 9.97 Å². The van der Waals surface area contributed by atoms with Gasteiger partial charge in [-0.05, 0) is 24.3 Å². The number of aromatic nitrogens is 2. The molecule has 3 rings (SSSR count). The number of fused-ring (bicyclic) bond motifs is 1. The first kappa shape index (κ1) is 12.8. The maximum absolute atomic E-state index is 13.4. The first-order chi connectivity index (χ1) is 9.61. The van der Waals surface area contributed by atoms with E-state index in [1.54, 1.807) is 6.07 Å². The van der Waals surface area contributed by atoms with Crippen LogP contribution in [0.4, 0.5) is 10.3 Å². The topological polar surface area (TPSA) is 61.0 Å². The summed E-state index contributed by atoms with van der Waals surface area (Å²) in [5, 5.41) is 0.710. The number of nitrogen functional groups attached to an aromatic ring is 1. The maximum atomic E-state index is 13.4. The van der Waals surface area contributed by atoms with Crippen molar-refractivity contribution in [3.8, 4) is 11.6 Å². The Balaban J connectivity index is 2.10. The number of hydrogen-bond acceptors (Lipinski definition) is 4. The molecule has 100 valence electrons. The maximum Gasteiger partial charge on any atom is 0.231 e. The summed E-state index contributed by atoms with van der Waals surface area (Å²) in [6.45, 7) is 0. The monoisotopic (exact) mass is 333 g/mol. The van der Waals surface area contributed by atoms with Gasteiger partial charge in [-0.1, -0.05) is 28.1 Å². The van der Waals surface area contributed by atoms with Gasteiger partial charge in [0.25, 0.3) is 0 Å². The van der Waals surface area contributed by atoms with Gasteiger partial charge >= 0.3 is 0 Å². The molecule has 0 spiro atoms. The molecule has 3 aromatic rings. The van der Waals surface area contributed by atoms with E-state index >= 15 is 0 Å². The van der Waals surface area contributed by atoms with Crippen molar-refractivity contribution in [2.24, 2.45) is 0 Å². The lowest BCUT2D eigenvalue weighted by atomic mass is 10.2. The van der Waals surface area contributed by atoms with E-state index in [1.807, 2.05) is 24.3 Å². The van der Waals surface area contributed by atoms with Crippen molar-refractivity contribution >= 4 is 32.8 Å². The molecule has 1 aromatic heterocycles. The van der Waals surface area contributed by atoms with E-state index in [0.717, 1.165) is 0 Å². The van der Waals surface area contributed by atoms with Crippen LogP contribution in [0.15, 0.2) is 46.9 Å². The highest BCUT2D eigenvalue weighted by Crippen LogP contribution is 2.29. The lowest BCUT2D eigenvalue weighted by Crippen LogP contribution is -1.98. The van der Waals surface area contributed by atoms with Gasteiger partial charge in [0.1, 0.15) is 11.6 Å². The second kappa shape index (κ2) is 5.05. The molecule has 2 aromatic carbocycles. The molecule has 0 aliphatic heterocycles. The van der Waals surface area contributed by atoms with Crippen LogP contribution in [0.5, 0.6) is 11.6 Å². The van der Waals surface area contributed by atoms with Gasteiger partial charge in [-0.2, -0.15) is 4.98 Å². The van der Waals surface area contributed by atoms with Gasteiger partial charge in [0.15, 0.2) is 0 Å². The molecule has 0 saturated heterocycles. The number of para-hydroxylation sites is 1. The highest BCUT2D eigenvalue weighted by Gasteiger charge is 2.09. The molecule has 0 fully saturated rings. The highest BCUT2D eigenvalue weighted by molar-refractivity contribution is 9.10. The van der Waals surface area contributed by atoms with Crippen molar-refractivity contribution in [3.05, 3.63) is 52.8 Å². The molecule has 4 nitrogen and oxygen atoms in total. The predicted molar refractivity (Wildman–Crippen MR) is 78.1 cm³/mol. The third kappa shape index (κ3) is 2.55. The minimum atomic E-state index is -0.402. The van der Waals surface area contributed by atoms with Crippen LogP contribution in [0.3, 0.4) is 0 Å². The number of benzene rings is 2. The van der Waals surface area contributed by atoms with Crippen LogP contribution in [0.2, 0.25) is 0 Å². The van der Waals surface area contributed by atoms with Crippen molar-refractivity contribution in [3.63, 3.8) is 0 Å². The summed E-state index contributed by atoms with van der Waals surface area (Å²) in [6, 6.07) is 11.6. The number of nitrogens with zero attached hydrogens (tertiary/aromatic N) is 2. The Bertz CT molecular complexity index is 774. The van der Waals surface area contributed by atoms with Gasteiger partial charge in [0.2, 0.25) is 11.8 Å². The Hall–Kier alpha value is -2.21. The summed E-state index contributed by atoms with van der Waals surface area (Å²) in [6.07, 6.45) is 0. The number of hydrogen-bond donors (Lipinski definition) is 1. The largest absolute Gasteiger partial charge is 0.438 e. The van der Waals surface area contributed by atoms with Gasteiger partial charge in [-0.25, -0.2) is 9.37 Å². The fraction of sp³-hybridized carbons (Fsp3) is 0. The summed E-state index contributed by atoms with van der Waals surface area (Å²) < 4.78 is 19.6. The lowest BCUT2D eigenvalue weighted by Gasteiger charge is -2.08. The third-order valence-electron chi connectivity index (χ3n) is 2.64. The van der Waals surface area contributed by atoms with Gasteiger partial charge in [-0.3, -0.25) is 0 Å². The predicted octanol–water partition coefficient (Wildman–Crippen LogP) is 3.91. The molecule has 0 atom stereocenters. The van der Waals surface area contributed by atoms with Crippen molar-refractivity contribution in [2.45, 2.75) is 0 Å². The molecule has 0 saturated carbocycles. The van der Waals surface area contributed by atoms with Crippen LogP contribution in [-0.2, 0) is 0 Å². The number of nitrogens with two attached hydrogens (primary N) is 1. The highest BCUT2D eigenvalue weighted by atomic mass is 79.9. The second-order valence-corrected chi connectivity index (χ2v) is 5.03. The molecule has 0 unspecified atom stereocenters. The lowest BCUT2D eigenvalue weighted by molar-refractivity contribution is 0.463. The normalized spacial score (nSPS) is 10.7. The molecule has 6 heteroatoms. The van der Waals surface area contributed by atoms with Crippen LogP contribution < -0.4 is 10.5 Å². The van der Waals surface area contributed by atoms with Crippen LogP contribution >= 0.6 is 15.9 Å². The van der Waals surface area contributed by atoms with Crippen LogP contribution in [0.1, 0.15) is 0 Å². The first-order valence-electron chi connectivity index (χ1n) is 5.78. The fourth-order valence-corrected chi connectivity index (χ4v) is 2.29. The summed E-state index contributed by atoms with van der Waals surface area (Å²) in [7, 11) is 0. The Labute approximate surface area is 122 Å². The number of anilines is 1. The zero-order chi connectivity index (χ0) is 14.1. The fourth-order valence-electron chi connectivity index (χ4n) is 1.84. The van der Waals surface area contributed by atoms with Crippen LogP contribution in [0.25, 0.3) is 10.9 Å². The SMILES string of the molecule is Nc1nc(Oc2cc(F)cc(Br)c2)c2ccccc2n1. The molecule has 0 amide bonds. The van der Waals surface area contributed by atoms with Gasteiger partial charge < -0.3 is 10.5 Å². The Morgan fingerprint density at radius 3 is 2.70 bits per heavy atom. The molecule has 20 heavy (non-hydrogen) atoms. The number of ether oxygens (including phenoxy) is 1. The van der Waals surface area contributed by atoms with Crippen LogP contribution in [0, 0.1) is 5.82 Å². The Morgan fingerprint density at radius 2 is 1.90 bits per heavy atom. The third-order valence-corrected chi connectivity index (χ3v) is 3.09. The average molecular weight is 334 g/mol. The summed E-state index contributed by atoms with van der Waals surface area (Å²) in [4.78, 5) is 8.18. The average Bonchev–Trinajstić information content (AvgIpc) is 2.37. The van der Waals surface area contributed by atoms with Crippen molar-refractivity contribution in [1.82, 2.24) is 9.97 Å². The zero-order valence-electron chi connectivity index (χ0n) is 10.2. The molecule has 0 radical (unpaired) electrons. The smallest absolute Gasteiger partial charge is 0.231 e. The molecular weight excluding hydrogens is 325 g/mol. The van der Waals surface area contributed by atoms with E-state index in [9.17, 15) is 4.39 Å². The van der Waals surface area contributed by atoms with E-state index in [0.29, 0.717) is 27.0 Å². The summed E-state index contributed by atoms with van der Waals surface area (Å²) >= 11 is 3.21. The molecule has 0 aliphatic carbocycles. The minimum absolute atomic E-state index is 0.106. The Morgan fingerprint density at radius 1 is 1.10 bits per heavy atom. The standard InChI is InChI=1S/C14H9BrFN3O/c15-8-5-9(16)7-10(6-8)20-13-11-3-1-2-4-12(11)18-14(17)19-13/h1-7H,(H2,17,18,19). The first-order valence-corrected chi connectivity index (χ1v) is 6.57. The van der Waals surface area contributed by atoms with Gasteiger partial charge in [0.05, 0.1) is 10.9 Å². The molecular formula is C14H9BrFN3O. The molecule has 0 aliphatic rings. The summed E-state index contributed by atoms with van der Waals surface area (Å²) in [5.74, 6) is 0.334. The van der Waals surface area contributed by atoms with E-state index in [-0.39, 0.29) is 5.95 Å². The molecule has 0 bridgehead atoms. The molecule has 1 heterocycles. The van der Waals surface area contributed by atoms with E-state index in [1.165, 1.54) is 12.1 Å². The van der Waals surface area contributed by atoms with Crippen molar-refractivity contribution in [1.29, 1.82) is 0 Å². The molecule has 2 N–H and O–H groups in total.